The summed E-state index contributed by atoms with van der Waals surface area (Å²) in [5, 5.41) is 0. The highest BCUT2D eigenvalue weighted by Gasteiger charge is 2.20. The molecule has 0 radical (unpaired) electrons. The zero-order valence-electron chi connectivity index (χ0n) is 19.8. The maximum atomic E-state index is 12.3. The second-order valence-electron chi connectivity index (χ2n) is 8.62. The molecule has 1 atom stereocenters. The molecular formula is C26H32N2O5. The normalized spacial score (nSPS) is 12.1. The van der Waals surface area contributed by atoms with Gasteiger partial charge in [-0.2, -0.15) is 0 Å². The number of amides is 1. The highest BCUT2D eigenvalue weighted by atomic mass is 16.7. The van der Waals surface area contributed by atoms with Crippen molar-refractivity contribution in [2.45, 2.75) is 40.2 Å². The van der Waals surface area contributed by atoms with E-state index in [2.05, 4.69) is 24.3 Å². The maximum Gasteiger partial charge on any atom is 0.274 e. The maximum absolute atomic E-state index is 12.3. The molecule has 1 heterocycles. The zero-order valence-corrected chi connectivity index (χ0v) is 19.8. The van der Waals surface area contributed by atoms with Gasteiger partial charge in [-0.3, -0.25) is 9.63 Å². The lowest BCUT2D eigenvalue weighted by molar-refractivity contribution is -0.0365. The van der Waals surface area contributed by atoms with Crippen LogP contribution in [0.15, 0.2) is 59.2 Å². The van der Waals surface area contributed by atoms with Crippen LogP contribution in [-0.4, -0.2) is 30.7 Å². The Morgan fingerprint density at radius 1 is 1.06 bits per heavy atom. The number of carbonyl (C=O) groups is 1. The van der Waals surface area contributed by atoms with Crippen molar-refractivity contribution in [1.29, 1.82) is 0 Å². The molecule has 0 saturated carbocycles. The van der Waals surface area contributed by atoms with Gasteiger partial charge in [-0.15, -0.1) is 0 Å². The Labute approximate surface area is 195 Å². The van der Waals surface area contributed by atoms with Crippen LogP contribution in [0, 0.1) is 11.8 Å². The Morgan fingerprint density at radius 2 is 1.82 bits per heavy atom. The Hall–Kier alpha value is -3.32. The first-order valence-electron chi connectivity index (χ1n) is 11.1. The van der Waals surface area contributed by atoms with Gasteiger partial charge in [-0.05, 0) is 42.2 Å². The van der Waals surface area contributed by atoms with Crippen molar-refractivity contribution < 1.29 is 23.5 Å². The molecule has 33 heavy (non-hydrogen) atoms. The van der Waals surface area contributed by atoms with Crippen LogP contribution in [0.25, 0.3) is 11.5 Å². The van der Waals surface area contributed by atoms with Crippen LogP contribution in [-0.2, 0) is 11.3 Å². The van der Waals surface area contributed by atoms with Gasteiger partial charge >= 0.3 is 0 Å². The van der Waals surface area contributed by atoms with Gasteiger partial charge in [0, 0.05) is 17.5 Å². The number of ether oxygens (including phenoxy) is 2. The van der Waals surface area contributed by atoms with Crippen LogP contribution in [0.2, 0.25) is 0 Å². The molecule has 0 bridgehead atoms. The van der Waals surface area contributed by atoms with E-state index in [0.29, 0.717) is 41.9 Å². The van der Waals surface area contributed by atoms with Crippen LogP contribution in [0.4, 0.5) is 0 Å². The number of hydroxylamine groups is 1. The van der Waals surface area contributed by atoms with E-state index in [1.807, 2.05) is 50.2 Å². The molecule has 0 aliphatic rings. The lowest BCUT2D eigenvalue weighted by Gasteiger charge is -2.20. The van der Waals surface area contributed by atoms with Crippen molar-refractivity contribution in [1.82, 2.24) is 10.5 Å². The Balaban J connectivity index is 1.68. The van der Waals surface area contributed by atoms with Gasteiger partial charge in [0.2, 0.25) is 5.89 Å². The number of nitrogens with zero attached hydrogens (tertiary/aromatic N) is 1. The standard InChI is InChI=1S/C26H32N2O5/c1-17(2)15-31-24-13-20(11-12-22(24)30-5)26-27-21(16-32-26)14-23(18(3)4)33-28-25(29)19-9-7-6-8-10-19/h6-13,16-18,23H,14-15H2,1-5H3,(H,28,29). The van der Waals surface area contributed by atoms with Gasteiger partial charge < -0.3 is 13.9 Å². The van der Waals surface area contributed by atoms with Crippen molar-refractivity contribution >= 4 is 5.91 Å². The van der Waals surface area contributed by atoms with E-state index in [9.17, 15) is 4.79 Å². The van der Waals surface area contributed by atoms with Gasteiger partial charge in [0.15, 0.2) is 11.5 Å². The number of benzene rings is 2. The predicted molar refractivity (Wildman–Crippen MR) is 126 cm³/mol. The Bertz CT molecular complexity index is 1030. The summed E-state index contributed by atoms with van der Waals surface area (Å²) in [6, 6.07) is 14.5. The third-order valence-corrected chi connectivity index (χ3v) is 5.03. The second-order valence-corrected chi connectivity index (χ2v) is 8.62. The molecule has 1 amide bonds. The fourth-order valence-electron chi connectivity index (χ4n) is 3.11. The molecular weight excluding hydrogens is 420 g/mol. The second kappa shape index (κ2) is 11.5. The third kappa shape index (κ3) is 6.83. The van der Waals surface area contributed by atoms with E-state index in [0.717, 1.165) is 11.3 Å². The van der Waals surface area contributed by atoms with Crippen LogP contribution in [0.3, 0.4) is 0 Å². The summed E-state index contributed by atoms with van der Waals surface area (Å²) in [7, 11) is 1.61. The number of rotatable bonds is 11. The fourth-order valence-corrected chi connectivity index (χ4v) is 3.11. The van der Waals surface area contributed by atoms with Crippen LogP contribution in [0.5, 0.6) is 11.5 Å². The molecule has 1 unspecified atom stereocenters. The number of nitrogens with one attached hydrogen (secondary N) is 1. The fraction of sp³-hybridized carbons (Fsp3) is 0.385. The summed E-state index contributed by atoms with van der Waals surface area (Å²) >= 11 is 0. The summed E-state index contributed by atoms with van der Waals surface area (Å²) in [6.45, 7) is 8.82. The number of hydrogen-bond donors (Lipinski definition) is 1. The minimum absolute atomic E-state index is 0.151. The first kappa shape index (κ1) is 24.3. The molecule has 7 heteroatoms. The summed E-state index contributed by atoms with van der Waals surface area (Å²) in [5.41, 5.74) is 4.62. The quantitative estimate of drug-likeness (QED) is 0.397. The van der Waals surface area contributed by atoms with E-state index in [1.165, 1.54) is 0 Å². The van der Waals surface area contributed by atoms with Crippen LogP contribution in [0.1, 0.15) is 43.7 Å². The number of aromatic nitrogens is 1. The lowest BCUT2D eigenvalue weighted by Crippen LogP contribution is -2.33. The minimum Gasteiger partial charge on any atom is -0.493 e. The molecule has 7 nitrogen and oxygen atoms in total. The molecule has 0 fully saturated rings. The van der Waals surface area contributed by atoms with Gasteiger partial charge in [-0.25, -0.2) is 10.5 Å². The molecule has 3 aromatic rings. The van der Waals surface area contributed by atoms with E-state index >= 15 is 0 Å². The molecule has 1 aromatic heterocycles. The van der Waals surface area contributed by atoms with Gasteiger partial charge in [0.1, 0.15) is 6.26 Å². The van der Waals surface area contributed by atoms with Crippen molar-refractivity contribution in [2.24, 2.45) is 11.8 Å². The SMILES string of the molecule is COc1ccc(-c2nc(CC(ONC(=O)c3ccccc3)C(C)C)co2)cc1OCC(C)C. The summed E-state index contributed by atoms with van der Waals surface area (Å²) < 4.78 is 17.0. The van der Waals surface area contributed by atoms with E-state index in [1.54, 1.807) is 25.5 Å². The van der Waals surface area contributed by atoms with Gasteiger partial charge in [0.25, 0.3) is 5.91 Å². The number of hydrogen-bond acceptors (Lipinski definition) is 6. The average Bonchev–Trinajstić information content (AvgIpc) is 3.29. The summed E-state index contributed by atoms with van der Waals surface area (Å²) in [5.74, 6) is 2.05. The molecule has 176 valence electrons. The number of oxazole rings is 1. The molecule has 1 N–H and O–H groups in total. The largest absolute Gasteiger partial charge is 0.493 e. The summed E-state index contributed by atoms with van der Waals surface area (Å²) in [4.78, 5) is 22.6. The highest BCUT2D eigenvalue weighted by Crippen LogP contribution is 2.32. The molecule has 0 aliphatic heterocycles. The monoisotopic (exact) mass is 452 g/mol. The van der Waals surface area contributed by atoms with E-state index in [-0.39, 0.29) is 17.9 Å². The highest BCUT2D eigenvalue weighted by molar-refractivity contribution is 5.93. The van der Waals surface area contributed by atoms with Crippen LogP contribution < -0.4 is 15.0 Å². The van der Waals surface area contributed by atoms with E-state index < -0.39 is 0 Å². The molecule has 2 aromatic carbocycles. The van der Waals surface area contributed by atoms with Crippen molar-refractivity contribution in [3.05, 3.63) is 66.1 Å². The van der Waals surface area contributed by atoms with Crippen molar-refractivity contribution in [3.63, 3.8) is 0 Å². The van der Waals surface area contributed by atoms with Gasteiger partial charge in [0.05, 0.1) is 25.5 Å². The number of carbonyl (C=O) groups excluding carboxylic acids is 1. The minimum atomic E-state index is -0.283. The average molecular weight is 453 g/mol. The predicted octanol–water partition coefficient (Wildman–Crippen LogP) is 5.31. The van der Waals surface area contributed by atoms with Gasteiger partial charge in [-0.1, -0.05) is 45.9 Å². The molecule has 0 aliphatic carbocycles. The smallest absolute Gasteiger partial charge is 0.274 e. The Morgan fingerprint density at radius 3 is 2.48 bits per heavy atom. The first-order chi connectivity index (χ1) is 15.9. The molecule has 0 saturated heterocycles. The first-order valence-corrected chi connectivity index (χ1v) is 11.1. The van der Waals surface area contributed by atoms with Crippen molar-refractivity contribution in [2.75, 3.05) is 13.7 Å². The summed E-state index contributed by atoms with van der Waals surface area (Å²) in [6.07, 6.45) is 1.84. The Kier molecular flexibility index (Phi) is 8.49. The number of methoxy groups -OCH3 is 1. The molecule has 3 rings (SSSR count). The third-order valence-electron chi connectivity index (χ3n) is 5.03. The van der Waals surface area contributed by atoms with Crippen molar-refractivity contribution in [3.8, 4) is 23.0 Å². The lowest BCUT2D eigenvalue weighted by atomic mass is 10.0. The molecule has 0 spiro atoms. The van der Waals surface area contributed by atoms with Crippen LogP contribution >= 0.6 is 0 Å². The van der Waals surface area contributed by atoms with E-state index in [4.69, 9.17) is 18.7 Å². The zero-order chi connectivity index (χ0) is 23.8. The topological polar surface area (TPSA) is 82.8 Å².